The number of hydrogen-bond donors (Lipinski definition) is 0. The molecule has 0 atom stereocenters. The van der Waals surface area contributed by atoms with E-state index in [1.807, 2.05) is 6.07 Å². The maximum absolute atomic E-state index is 6.20. The van der Waals surface area contributed by atoms with E-state index in [1.54, 1.807) is 0 Å². The molecule has 1 aliphatic carbocycles. The van der Waals surface area contributed by atoms with Crippen molar-refractivity contribution in [2.24, 2.45) is 11.8 Å². The Morgan fingerprint density at radius 3 is 2.65 bits per heavy atom. The standard InChI is InChI=1S/C20H22BrClN4/c1-12-6-8-14(9-7-12)11-26-17-16(15-5-3-4-13(2)10-15)23-20(22)25-18(17)24-19(26)21/h3-5,10,12,14H,6-9,11H2,1-2H3/t12-,14-. The number of benzene rings is 1. The Morgan fingerprint density at radius 1 is 1.15 bits per heavy atom. The van der Waals surface area contributed by atoms with Gasteiger partial charge in [-0.15, -0.1) is 0 Å². The molecular formula is C20H22BrClN4. The minimum Gasteiger partial charge on any atom is -0.315 e. The van der Waals surface area contributed by atoms with Crippen LogP contribution >= 0.6 is 27.5 Å². The van der Waals surface area contributed by atoms with Crippen LogP contribution in [0.5, 0.6) is 0 Å². The zero-order valence-electron chi connectivity index (χ0n) is 15.0. The third-order valence-corrected chi connectivity index (χ3v) is 6.17. The van der Waals surface area contributed by atoms with Crippen molar-refractivity contribution in [1.82, 2.24) is 19.5 Å². The monoisotopic (exact) mass is 432 g/mol. The lowest BCUT2D eigenvalue weighted by molar-refractivity contribution is 0.265. The molecule has 1 aromatic carbocycles. The molecule has 1 fully saturated rings. The van der Waals surface area contributed by atoms with Gasteiger partial charge in [-0.2, -0.15) is 4.98 Å². The van der Waals surface area contributed by atoms with E-state index in [9.17, 15) is 0 Å². The van der Waals surface area contributed by atoms with E-state index >= 15 is 0 Å². The number of nitrogens with zero attached hydrogens (tertiary/aromatic N) is 4. The molecule has 4 rings (SSSR count). The maximum atomic E-state index is 6.20. The predicted molar refractivity (Wildman–Crippen MR) is 109 cm³/mol. The van der Waals surface area contributed by atoms with Gasteiger partial charge in [0, 0.05) is 12.1 Å². The smallest absolute Gasteiger partial charge is 0.225 e. The van der Waals surface area contributed by atoms with Crippen molar-refractivity contribution in [3.63, 3.8) is 0 Å². The zero-order valence-corrected chi connectivity index (χ0v) is 17.4. The van der Waals surface area contributed by atoms with E-state index in [0.717, 1.165) is 34.0 Å². The molecule has 26 heavy (non-hydrogen) atoms. The summed E-state index contributed by atoms with van der Waals surface area (Å²) < 4.78 is 3.03. The summed E-state index contributed by atoms with van der Waals surface area (Å²) in [5, 5.41) is 0.234. The first kappa shape index (κ1) is 17.9. The van der Waals surface area contributed by atoms with Gasteiger partial charge >= 0.3 is 0 Å². The van der Waals surface area contributed by atoms with Crippen LogP contribution in [0.25, 0.3) is 22.4 Å². The number of aryl methyl sites for hydroxylation is 1. The number of aromatic nitrogens is 4. The van der Waals surface area contributed by atoms with E-state index in [1.165, 1.54) is 31.2 Å². The Labute approximate surface area is 167 Å². The van der Waals surface area contributed by atoms with Gasteiger partial charge in [-0.25, -0.2) is 9.97 Å². The quantitative estimate of drug-likeness (QED) is 0.373. The Bertz CT molecular complexity index is 944. The Balaban J connectivity index is 1.81. The van der Waals surface area contributed by atoms with Crippen molar-refractivity contribution in [3.05, 3.63) is 39.8 Å². The first-order chi connectivity index (χ1) is 12.5. The van der Waals surface area contributed by atoms with Crippen molar-refractivity contribution >= 4 is 38.7 Å². The highest BCUT2D eigenvalue weighted by Crippen LogP contribution is 2.34. The molecule has 0 N–H and O–H groups in total. The van der Waals surface area contributed by atoms with Crippen LogP contribution in [0.2, 0.25) is 5.28 Å². The third-order valence-electron chi connectivity index (χ3n) is 5.40. The van der Waals surface area contributed by atoms with Crippen molar-refractivity contribution in [3.8, 4) is 11.3 Å². The summed E-state index contributed by atoms with van der Waals surface area (Å²) >= 11 is 9.83. The predicted octanol–water partition coefficient (Wildman–Crippen LogP) is 6.04. The fourth-order valence-electron chi connectivity index (χ4n) is 3.91. The second-order valence-electron chi connectivity index (χ2n) is 7.50. The van der Waals surface area contributed by atoms with Crippen molar-refractivity contribution in [2.75, 3.05) is 0 Å². The average molecular weight is 434 g/mol. The molecular weight excluding hydrogens is 412 g/mol. The van der Waals surface area contributed by atoms with Crippen LogP contribution in [0.4, 0.5) is 0 Å². The topological polar surface area (TPSA) is 43.6 Å². The second kappa shape index (κ2) is 7.28. The largest absolute Gasteiger partial charge is 0.315 e. The summed E-state index contributed by atoms with van der Waals surface area (Å²) in [5.74, 6) is 1.51. The highest BCUT2D eigenvalue weighted by atomic mass is 79.9. The molecule has 0 amide bonds. The minimum atomic E-state index is 0.234. The van der Waals surface area contributed by atoms with Crippen LogP contribution < -0.4 is 0 Å². The fourth-order valence-corrected chi connectivity index (χ4v) is 4.57. The molecule has 3 aromatic rings. The van der Waals surface area contributed by atoms with E-state index in [0.29, 0.717) is 11.6 Å². The van der Waals surface area contributed by atoms with Crippen LogP contribution in [0.1, 0.15) is 38.2 Å². The van der Waals surface area contributed by atoms with Gasteiger partial charge in [0.2, 0.25) is 5.28 Å². The molecule has 4 nitrogen and oxygen atoms in total. The molecule has 0 spiro atoms. The molecule has 1 aliphatic rings. The van der Waals surface area contributed by atoms with Gasteiger partial charge < -0.3 is 4.57 Å². The van der Waals surface area contributed by atoms with Crippen molar-refractivity contribution < 1.29 is 0 Å². The highest BCUT2D eigenvalue weighted by molar-refractivity contribution is 9.10. The van der Waals surface area contributed by atoms with Crippen LogP contribution in [-0.2, 0) is 6.54 Å². The molecule has 0 radical (unpaired) electrons. The average Bonchev–Trinajstić information content (AvgIpc) is 2.91. The number of imidazole rings is 1. The molecule has 2 aromatic heterocycles. The molecule has 0 saturated heterocycles. The van der Waals surface area contributed by atoms with Gasteiger partial charge in [0.15, 0.2) is 10.4 Å². The molecule has 0 bridgehead atoms. The molecule has 1 saturated carbocycles. The van der Waals surface area contributed by atoms with Crippen LogP contribution in [0.15, 0.2) is 29.0 Å². The summed E-state index contributed by atoms with van der Waals surface area (Å²) in [5.41, 5.74) is 4.70. The van der Waals surface area contributed by atoms with E-state index in [4.69, 9.17) is 11.6 Å². The van der Waals surface area contributed by atoms with Gasteiger partial charge in [0.1, 0.15) is 11.2 Å². The van der Waals surface area contributed by atoms with Crippen molar-refractivity contribution in [2.45, 2.75) is 46.1 Å². The van der Waals surface area contributed by atoms with Crippen LogP contribution in [0.3, 0.4) is 0 Å². The lowest BCUT2D eigenvalue weighted by Crippen LogP contribution is -2.18. The van der Waals surface area contributed by atoms with E-state index in [2.05, 4.69) is 67.5 Å². The first-order valence-electron chi connectivity index (χ1n) is 9.17. The minimum absolute atomic E-state index is 0.234. The molecule has 0 unspecified atom stereocenters. The summed E-state index contributed by atoms with van der Waals surface area (Å²) in [6.07, 6.45) is 5.15. The SMILES string of the molecule is Cc1cccc(-c2nc(Cl)nc3nc(Br)n(C[C@H]4CC[C@H](C)CC4)c23)c1. The lowest BCUT2D eigenvalue weighted by Gasteiger charge is -2.26. The normalized spacial score (nSPS) is 20.6. The number of hydrogen-bond acceptors (Lipinski definition) is 3. The number of rotatable bonds is 3. The van der Waals surface area contributed by atoms with Gasteiger partial charge in [0.25, 0.3) is 0 Å². The highest BCUT2D eigenvalue weighted by Gasteiger charge is 2.23. The maximum Gasteiger partial charge on any atom is 0.225 e. The Hall–Kier alpha value is -1.46. The summed E-state index contributed by atoms with van der Waals surface area (Å²) in [7, 11) is 0. The third kappa shape index (κ3) is 3.52. The van der Waals surface area contributed by atoms with Gasteiger partial charge in [-0.3, -0.25) is 0 Å². The van der Waals surface area contributed by atoms with Crippen molar-refractivity contribution in [1.29, 1.82) is 0 Å². The molecule has 2 heterocycles. The second-order valence-corrected chi connectivity index (χ2v) is 8.55. The zero-order chi connectivity index (χ0) is 18.3. The Kier molecular flexibility index (Phi) is 5.02. The Morgan fingerprint density at radius 2 is 1.92 bits per heavy atom. The van der Waals surface area contributed by atoms with Gasteiger partial charge in [-0.05, 0) is 65.2 Å². The van der Waals surface area contributed by atoms with Crippen LogP contribution in [0, 0.1) is 18.8 Å². The van der Waals surface area contributed by atoms with Gasteiger partial charge in [-0.1, -0.05) is 43.5 Å². The molecule has 136 valence electrons. The summed E-state index contributed by atoms with van der Waals surface area (Å²) in [4.78, 5) is 13.5. The van der Waals surface area contributed by atoms with Crippen LogP contribution in [-0.4, -0.2) is 19.5 Å². The van der Waals surface area contributed by atoms with Gasteiger partial charge in [0.05, 0.1) is 0 Å². The fraction of sp³-hybridized carbons (Fsp3) is 0.450. The van der Waals surface area contributed by atoms with E-state index in [-0.39, 0.29) is 5.28 Å². The molecule has 6 heteroatoms. The summed E-state index contributed by atoms with van der Waals surface area (Å²) in [6, 6.07) is 8.33. The number of halogens is 2. The summed E-state index contributed by atoms with van der Waals surface area (Å²) in [6.45, 7) is 5.37. The first-order valence-corrected chi connectivity index (χ1v) is 10.3. The van der Waals surface area contributed by atoms with E-state index < -0.39 is 0 Å². The molecule has 0 aliphatic heterocycles. The number of fused-ring (bicyclic) bond motifs is 1. The lowest BCUT2D eigenvalue weighted by atomic mass is 9.83.